The van der Waals surface area contributed by atoms with Gasteiger partial charge < -0.3 is 10.1 Å². The van der Waals surface area contributed by atoms with Gasteiger partial charge in [-0.1, -0.05) is 40.0 Å². The van der Waals surface area contributed by atoms with Crippen LogP contribution in [0.1, 0.15) is 56.8 Å². The largest absolute Gasteiger partial charge is 0.497 e. The van der Waals surface area contributed by atoms with Crippen LogP contribution in [-0.2, 0) is 0 Å². The topological polar surface area (TPSA) is 38.3 Å². The maximum atomic E-state index is 13.8. The predicted molar refractivity (Wildman–Crippen MR) is 83.2 cm³/mol. The van der Waals surface area contributed by atoms with Crippen molar-refractivity contribution in [1.29, 1.82) is 0 Å². The van der Waals surface area contributed by atoms with Gasteiger partial charge in [-0.25, -0.2) is 4.39 Å². The Morgan fingerprint density at radius 2 is 2.05 bits per heavy atom. The minimum atomic E-state index is -0.560. The Hall–Kier alpha value is -1.58. The van der Waals surface area contributed by atoms with Crippen molar-refractivity contribution in [3.8, 4) is 5.75 Å². The van der Waals surface area contributed by atoms with E-state index in [9.17, 15) is 9.18 Å². The molecule has 0 bridgehead atoms. The molecular weight excluding hydrogens is 269 g/mol. The number of rotatable bonds is 8. The van der Waals surface area contributed by atoms with Gasteiger partial charge >= 0.3 is 0 Å². The first kappa shape index (κ1) is 17.5. The quantitative estimate of drug-likeness (QED) is 0.731. The predicted octanol–water partition coefficient (Wildman–Crippen LogP) is 4.17. The van der Waals surface area contributed by atoms with Crippen LogP contribution in [-0.4, -0.2) is 19.6 Å². The molecule has 3 nitrogen and oxygen atoms in total. The van der Waals surface area contributed by atoms with Crippen molar-refractivity contribution in [2.45, 2.75) is 46.5 Å². The number of carbonyl (C=O) groups is 1. The second kappa shape index (κ2) is 8.01. The molecule has 4 heteroatoms. The summed E-state index contributed by atoms with van der Waals surface area (Å²) in [5, 5.41) is 2.82. The molecule has 0 radical (unpaired) electrons. The smallest absolute Gasteiger partial charge is 0.254 e. The summed E-state index contributed by atoms with van der Waals surface area (Å²) in [4.78, 5) is 12.0. The van der Waals surface area contributed by atoms with Gasteiger partial charge in [0.25, 0.3) is 5.91 Å². The molecule has 1 rings (SSSR count). The van der Waals surface area contributed by atoms with E-state index in [1.165, 1.54) is 32.1 Å². The molecule has 1 amide bonds. The third-order valence-electron chi connectivity index (χ3n) is 3.61. The molecule has 21 heavy (non-hydrogen) atoms. The number of halogens is 1. The van der Waals surface area contributed by atoms with E-state index >= 15 is 0 Å². The van der Waals surface area contributed by atoms with Gasteiger partial charge in [-0.05, 0) is 24.0 Å². The molecule has 0 atom stereocenters. The normalized spacial score (nSPS) is 11.3. The van der Waals surface area contributed by atoms with Gasteiger partial charge in [-0.3, -0.25) is 4.79 Å². The Labute approximate surface area is 126 Å². The van der Waals surface area contributed by atoms with E-state index in [4.69, 9.17) is 4.74 Å². The summed E-state index contributed by atoms with van der Waals surface area (Å²) >= 11 is 0. The van der Waals surface area contributed by atoms with Crippen LogP contribution < -0.4 is 10.1 Å². The molecule has 0 aliphatic carbocycles. The van der Waals surface area contributed by atoms with Crippen LogP contribution in [0.25, 0.3) is 0 Å². The second-order valence-corrected chi connectivity index (χ2v) is 6.15. The number of methoxy groups -OCH3 is 1. The van der Waals surface area contributed by atoms with E-state index in [1.807, 2.05) is 0 Å². The Morgan fingerprint density at radius 1 is 1.33 bits per heavy atom. The third-order valence-corrected chi connectivity index (χ3v) is 3.61. The Morgan fingerprint density at radius 3 is 2.62 bits per heavy atom. The number of benzene rings is 1. The average Bonchev–Trinajstić information content (AvgIpc) is 2.45. The lowest BCUT2D eigenvalue weighted by molar-refractivity contribution is 0.0930. The van der Waals surface area contributed by atoms with Crippen molar-refractivity contribution in [2.75, 3.05) is 13.7 Å². The molecule has 0 spiro atoms. The first-order valence-corrected chi connectivity index (χ1v) is 7.51. The van der Waals surface area contributed by atoms with Gasteiger partial charge in [-0.2, -0.15) is 0 Å². The Kier molecular flexibility index (Phi) is 6.66. The highest BCUT2D eigenvalue weighted by Gasteiger charge is 2.20. The lowest BCUT2D eigenvalue weighted by atomic mass is 9.87. The number of hydrogen-bond acceptors (Lipinski definition) is 2. The van der Waals surface area contributed by atoms with Crippen molar-refractivity contribution >= 4 is 5.91 Å². The molecular formula is C17H26FNO2. The van der Waals surface area contributed by atoms with Crippen LogP contribution in [0.15, 0.2) is 18.2 Å². The second-order valence-electron chi connectivity index (χ2n) is 6.15. The average molecular weight is 295 g/mol. The first-order valence-electron chi connectivity index (χ1n) is 7.51. The van der Waals surface area contributed by atoms with Gasteiger partial charge in [0.05, 0.1) is 12.7 Å². The van der Waals surface area contributed by atoms with Crippen LogP contribution in [0.5, 0.6) is 5.75 Å². The van der Waals surface area contributed by atoms with Crippen LogP contribution in [0.2, 0.25) is 0 Å². The molecule has 1 N–H and O–H groups in total. The summed E-state index contributed by atoms with van der Waals surface area (Å²) in [6, 6.07) is 4.26. The van der Waals surface area contributed by atoms with Crippen molar-refractivity contribution in [1.82, 2.24) is 5.32 Å². The molecule has 0 aliphatic rings. The van der Waals surface area contributed by atoms with Gasteiger partial charge in [-0.15, -0.1) is 0 Å². The van der Waals surface area contributed by atoms with Crippen LogP contribution in [0, 0.1) is 11.2 Å². The van der Waals surface area contributed by atoms with Gasteiger partial charge in [0.15, 0.2) is 0 Å². The van der Waals surface area contributed by atoms with E-state index < -0.39 is 5.82 Å². The fraction of sp³-hybridized carbons (Fsp3) is 0.588. The minimum absolute atomic E-state index is 0.0216. The molecule has 118 valence electrons. The summed E-state index contributed by atoms with van der Waals surface area (Å²) < 4.78 is 18.7. The van der Waals surface area contributed by atoms with E-state index in [0.29, 0.717) is 12.3 Å². The third kappa shape index (κ3) is 5.74. The number of hydrogen-bond donors (Lipinski definition) is 1. The Balaban J connectivity index is 2.57. The van der Waals surface area contributed by atoms with E-state index in [-0.39, 0.29) is 16.9 Å². The van der Waals surface area contributed by atoms with Crippen molar-refractivity contribution in [3.63, 3.8) is 0 Å². The number of amides is 1. The summed E-state index contributed by atoms with van der Waals surface area (Å²) in [5.41, 5.74) is 0.0773. The lowest BCUT2D eigenvalue weighted by Gasteiger charge is -2.25. The van der Waals surface area contributed by atoms with Crippen LogP contribution >= 0.6 is 0 Å². The number of nitrogens with one attached hydrogen (secondary N) is 1. The summed E-state index contributed by atoms with van der Waals surface area (Å²) in [6.07, 6.45) is 4.58. The van der Waals surface area contributed by atoms with Crippen molar-refractivity contribution in [3.05, 3.63) is 29.6 Å². The fourth-order valence-corrected chi connectivity index (χ4v) is 2.16. The first-order chi connectivity index (χ1) is 9.89. The van der Waals surface area contributed by atoms with Crippen LogP contribution in [0.4, 0.5) is 4.39 Å². The number of ether oxygens (including phenoxy) is 1. The van der Waals surface area contributed by atoms with Gasteiger partial charge in [0, 0.05) is 12.6 Å². The molecule has 0 unspecified atom stereocenters. The summed E-state index contributed by atoms with van der Waals surface area (Å²) in [6.45, 7) is 6.95. The molecule has 0 fully saturated rings. The van der Waals surface area contributed by atoms with Gasteiger partial charge in [0.2, 0.25) is 0 Å². The molecule has 0 heterocycles. The van der Waals surface area contributed by atoms with Gasteiger partial charge in [0.1, 0.15) is 11.6 Å². The SMILES string of the molecule is CCCCCC(C)(C)CNC(=O)c1ccc(OC)cc1F. The number of carbonyl (C=O) groups excluding carboxylic acids is 1. The lowest BCUT2D eigenvalue weighted by Crippen LogP contribution is -2.34. The highest BCUT2D eigenvalue weighted by Crippen LogP contribution is 2.23. The molecule has 1 aromatic carbocycles. The fourth-order valence-electron chi connectivity index (χ4n) is 2.16. The zero-order valence-electron chi connectivity index (χ0n) is 13.5. The maximum Gasteiger partial charge on any atom is 0.254 e. The standard InChI is InChI=1S/C17H26FNO2/c1-5-6-7-10-17(2,3)12-19-16(20)14-9-8-13(21-4)11-15(14)18/h8-9,11H,5-7,10,12H2,1-4H3,(H,19,20). The minimum Gasteiger partial charge on any atom is -0.497 e. The number of unbranched alkanes of at least 4 members (excludes halogenated alkanes) is 2. The van der Waals surface area contributed by atoms with E-state index in [2.05, 4.69) is 26.1 Å². The zero-order chi connectivity index (χ0) is 15.9. The molecule has 0 aliphatic heterocycles. The van der Waals surface area contributed by atoms with Crippen molar-refractivity contribution in [2.24, 2.45) is 5.41 Å². The van der Waals surface area contributed by atoms with E-state index in [0.717, 1.165) is 12.8 Å². The zero-order valence-corrected chi connectivity index (χ0v) is 13.5. The molecule has 1 aromatic rings. The highest BCUT2D eigenvalue weighted by atomic mass is 19.1. The molecule has 0 aromatic heterocycles. The molecule has 0 saturated carbocycles. The molecule has 0 saturated heterocycles. The van der Waals surface area contributed by atoms with E-state index in [1.54, 1.807) is 6.07 Å². The van der Waals surface area contributed by atoms with Crippen molar-refractivity contribution < 1.29 is 13.9 Å². The summed E-state index contributed by atoms with van der Waals surface area (Å²) in [7, 11) is 1.47. The Bertz CT molecular complexity index is 472. The monoisotopic (exact) mass is 295 g/mol. The highest BCUT2D eigenvalue weighted by molar-refractivity contribution is 5.94. The van der Waals surface area contributed by atoms with Crippen LogP contribution in [0.3, 0.4) is 0 Å². The maximum absolute atomic E-state index is 13.8. The summed E-state index contributed by atoms with van der Waals surface area (Å²) in [5.74, 6) is -0.529.